The fraction of sp³-hybridized carbons (Fsp3) is 0.0714. The van der Waals surface area contributed by atoms with Crippen molar-refractivity contribution in [1.82, 2.24) is 4.98 Å². The van der Waals surface area contributed by atoms with Crippen LogP contribution in [0.5, 0.6) is 0 Å². The summed E-state index contributed by atoms with van der Waals surface area (Å²) in [6, 6.07) is 12.2. The van der Waals surface area contributed by atoms with Crippen LogP contribution in [-0.4, -0.2) is 4.98 Å². The minimum absolute atomic E-state index is 0.717. The molecule has 0 aliphatic carbocycles. The molecule has 0 atom stereocenters. The van der Waals surface area contributed by atoms with Crippen LogP contribution >= 0.6 is 11.3 Å². The highest BCUT2D eigenvalue weighted by Crippen LogP contribution is 2.25. The lowest BCUT2D eigenvalue weighted by Crippen LogP contribution is -1.98. The van der Waals surface area contributed by atoms with Crippen molar-refractivity contribution in [3.05, 3.63) is 47.5 Å². The predicted molar refractivity (Wildman–Crippen MR) is 78.5 cm³/mol. The Bertz CT molecular complexity index is 703. The topological polar surface area (TPSA) is 50.9 Å². The summed E-state index contributed by atoms with van der Waals surface area (Å²) in [7, 11) is 0. The summed E-state index contributed by atoms with van der Waals surface area (Å²) < 4.78 is 1.29. The molecule has 0 bridgehead atoms. The first-order valence-electron chi connectivity index (χ1n) is 5.70. The van der Waals surface area contributed by atoms with Gasteiger partial charge < -0.3 is 11.1 Å². The summed E-state index contributed by atoms with van der Waals surface area (Å²) in [5.74, 6) is 0.816. The second kappa shape index (κ2) is 4.31. The normalized spacial score (nSPS) is 10.7. The third-order valence-electron chi connectivity index (χ3n) is 2.85. The van der Waals surface area contributed by atoms with Crippen molar-refractivity contribution in [3.8, 4) is 0 Å². The highest BCUT2D eigenvalue weighted by atomic mass is 32.1. The molecule has 1 aromatic carbocycles. The number of hydrogen-bond acceptors (Lipinski definition) is 4. The quantitative estimate of drug-likeness (QED) is 0.729. The van der Waals surface area contributed by atoms with E-state index in [0.29, 0.717) is 5.69 Å². The van der Waals surface area contributed by atoms with E-state index in [-0.39, 0.29) is 0 Å². The van der Waals surface area contributed by atoms with Crippen molar-refractivity contribution in [2.75, 3.05) is 11.1 Å². The highest BCUT2D eigenvalue weighted by molar-refractivity contribution is 7.17. The molecule has 3 aromatic rings. The smallest absolute Gasteiger partial charge is 0.130 e. The molecule has 0 unspecified atom stereocenters. The maximum Gasteiger partial charge on any atom is 0.130 e. The molecule has 3 nitrogen and oxygen atoms in total. The highest BCUT2D eigenvalue weighted by Gasteiger charge is 2.01. The number of anilines is 3. The van der Waals surface area contributed by atoms with E-state index < -0.39 is 0 Å². The molecule has 0 aliphatic rings. The number of thiophene rings is 1. The first-order chi connectivity index (χ1) is 8.72. The van der Waals surface area contributed by atoms with Crippen LogP contribution in [0.1, 0.15) is 5.69 Å². The Kier molecular flexibility index (Phi) is 2.64. The van der Waals surface area contributed by atoms with Crippen molar-refractivity contribution in [2.45, 2.75) is 6.92 Å². The van der Waals surface area contributed by atoms with E-state index in [2.05, 4.69) is 39.9 Å². The number of fused-ring (bicyclic) bond motifs is 1. The van der Waals surface area contributed by atoms with Gasteiger partial charge in [0.15, 0.2) is 0 Å². The van der Waals surface area contributed by atoms with Crippen LogP contribution in [0.25, 0.3) is 10.1 Å². The van der Waals surface area contributed by atoms with Gasteiger partial charge in [-0.25, -0.2) is 4.98 Å². The minimum Gasteiger partial charge on any atom is -0.397 e. The van der Waals surface area contributed by atoms with E-state index in [4.69, 9.17) is 5.73 Å². The number of benzene rings is 1. The average Bonchev–Trinajstić information content (AvgIpc) is 2.81. The zero-order chi connectivity index (χ0) is 12.5. The molecule has 2 aromatic heterocycles. The Morgan fingerprint density at radius 3 is 2.89 bits per heavy atom. The summed E-state index contributed by atoms with van der Waals surface area (Å²) in [6.07, 6.45) is 0. The largest absolute Gasteiger partial charge is 0.397 e. The molecule has 0 amide bonds. The molecular weight excluding hydrogens is 242 g/mol. The number of hydrogen-bond donors (Lipinski definition) is 2. The van der Waals surface area contributed by atoms with Crippen LogP contribution in [0, 0.1) is 6.92 Å². The standard InChI is InChI=1S/C14H13N3S/c1-9-12(15)3-5-14(16-9)17-11-2-4-13-10(8-11)6-7-18-13/h2-8H,15H2,1H3,(H,16,17). The second-order valence-corrected chi connectivity index (χ2v) is 5.12. The minimum atomic E-state index is 0.717. The van der Waals surface area contributed by atoms with Gasteiger partial charge in [0.2, 0.25) is 0 Å². The fourth-order valence-electron chi connectivity index (χ4n) is 1.83. The molecule has 90 valence electrons. The number of rotatable bonds is 2. The number of pyridine rings is 1. The molecule has 0 fully saturated rings. The molecule has 0 saturated carbocycles. The fourth-order valence-corrected chi connectivity index (χ4v) is 2.60. The van der Waals surface area contributed by atoms with Gasteiger partial charge in [-0.3, -0.25) is 0 Å². The van der Waals surface area contributed by atoms with E-state index in [9.17, 15) is 0 Å². The van der Waals surface area contributed by atoms with Crippen molar-refractivity contribution >= 4 is 38.6 Å². The molecule has 0 radical (unpaired) electrons. The van der Waals surface area contributed by atoms with Crippen LogP contribution in [-0.2, 0) is 0 Å². The number of nitrogens with one attached hydrogen (secondary N) is 1. The lowest BCUT2D eigenvalue weighted by molar-refractivity contribution is 1.20. The second-order valence-electron chi connectivity index (χ2n) is 4.17. The Morgan fingerprint density at radius 1 is 1.17 bits per heavy atom. The molecular formula is C14H13N3S. The van der Waals surface area contributed by atoms with Crippen molar-refractivity contribution in [1.29, 1.82) is 0 Å². The number of nitrogens with zero attached hydrogens (tertiary/aromatic N) is 1. The van der Waals surface area contributed by atoms with Crippen molar-refractivity contribution in [2.24, 2.45) is 0 Å². The molecule has 2 heterocycles. The van der Waals surface area contributed by atoms with E-state index in [1.165, 1.54) is 10.1 Å². The van der Waals surface area contributed by atoms with Crippen LogP contribution < -0.4 is 11.1 Å². The van der Waals surface area contributed by atoms with Gasteiger partial charge in [-0.1, -0.05) is 0 Å². The van der Waals surface area contributed by atoms with Gasteiger partial charge >= 0.3 is 0 Å². The van der Waals surface area contributed by atoms with Gasteiger partial charge in [0.1, 0.15) is 5.82 Å². The molecule has 18 heavy (non-hydrogen) atoms. The number of nitrogens with two attached hydrogens (primary N) is 1. The number of aryl methyl sites for hydroxylation is 1. The Hall–Kier alpha value is -2.07. The van der Waals surface area contributed by atoms with E-state index >= 15 is 0 Å². The zero-order valence-electron chi connectivity index (χ0n) is 9.97. The SMILES string of the molecule is Cc1nc(Nc2ccc3sccc3c2)ccc1N. The Morgan fingerprint density at radius 2 is 2.06 bits per heavy atom. The first-order valence-corrected chi connectivity index (χ1v) is 6.58. The van der Waals surface area contributed by atoms with E-state index in [1.807, 2.05) is 19.1 Å². The first kappa shape index (κ1) is 11.0. The summed E-state index contributed by atoms with van der Waals surface area (Å²) in [4.78, 5) is 4.40. The summed E-state index contributed by atoms with van der Waals surface area (Å²) in [5.41, 5.74) is 8.35. The van der Waals surface area contributed by atoms with Crippen LogP contribution in [0.4, 0.5) is 17.2 Å². The Labute approximate surface area is 109 Å². The van der Waals surface area contributed by atoms with Crippen LogP contribution in [0.3, 0.4) is 0 Å². The molecule has 0 spiro atoms. The summed E-state index contributed by atoms with van der Waals surface area (Å²) in [5, 5.41) is 6.64. The molecule has 3 N–H and O–H groups in total. The molecule has 0 aliphatic heterocycles. The maximum absolute atomic E-state index is 5.75. The van der Waals surface area contributed by atoms with Gasteiger partial charge in [0.25, 0.3) is 0 Å². The third kappa shape index (κ3) is 2.02. The monoisotopic (exact) mass is 255 g/mol. The lowest BCUT2D eigenvalue weighted by atomic mass is 10.2. The van der Waals surface area contributed by atoms with Gasteiger partial charge in [-0.05, 0) is 54.1 Å². The predicted octanol–water partition coefficient (Wildman–Crippen LogP) is 3.93. The van der Waals surface area contributed by atoms with Crippen LogP contribution in [0.15, 0.2) is 41.8 Å². The summed E-state index contributed by atoms with van der Waals surface area (Å²) in [6.45, 7) is 1.91. The third-order valence-corrected chi connectivity index (χ3v) is 3.75. The zero-order valence-corrected chi connectivity index (χ0v) is 10.8. The lowest BCUT2D eigenvalue weighted by Gasteiger charge is -2.07. The van der Waals surface area contributed by atoms with E-state index in [0.717, 1.165) is 17.2 Å². The van der Waals surface area contributed by atoms with Gasteiger partial charge in [-0.2, -0.15) is 0 Å². The summed E-state index contributed by atoms with van der Waals surface area (Å²) >= 11 is 1.75. The number of aromatic nitrogens is 1. The maximum atomic E-state index is 5.75. The van der Waals surface area contributed by atoms with Crippen molar-refractivity contribution < 1.29 is 0 Å². The van der Waals surface area contributed by atoms with Gasteiger partial charge in [0.05, 0.1) is 11.4 Å². The van der Waals surface area contributed by atoms with E-state index in [1.54, 1.807) is 11.3 Å². The van der Waals surface area contributed by atoms with Crippen LogP contribution in [0.2, 0.25) is 0 Å². The van der Waals surface area contributed by atoms with Gasteiger partial charge in [0, 0.05) is 10.4 Å². The number of nitrogen functional groups attached to an aromatic ring is 1. The molecule has 3 rings (SSSR count). The van der Waals surface area contributed by atoms with Crippen molar-refractivity contribution in [3.63, 3.8) is 0 Å². The Balaban J connectivity index is 1.92. The molecule has 0 saturated heterocycles. The van der Waals surface area contributed by atoms with Gasteiger partial charge in [-0.15, -0.1) is 11.3 Å². The molecule has 4 heteroatoms. The average molecular weight is 255 g/mol.